The predicted molar refractivity (Wildman–Crippen MR) is 124 cm³/mol. The zero-order valence-corrected chi connectivity index (χ0v) is 19.0. The molecule has 0 saturated heterocycles. The molecule has 4 aromatic rings. The number of hydrogen-bond acceptors (Lipinski definition) is 8. The fourth-order valence-corrected chi connectivity index (χ4v) is 3.33. The van der Waals surface area contributed by atoms with Crippen molar-refractivity contribution in [1.29, 1.82) is 0 Å². The monoisotopic (exact) mass is 530 g/mol. The van der Waals surface area contributed by atoms with Crippen LogP contribution in [0.1, 0.15) is 10.4 Å². The average Bonchev–Trinajstić information content (AvgIpc) is 3.24. The third-order valence-corrected chi connectivity index (χ3v) is 4.93. The first-order valence-corrected chi connectivity index (χ1v) is 10.0. The average molecular weight is 531 g/mol. The molecule has 4 rings (SSSR count). The first kappa shape index (κ1) is 25.9. The fourth-order valence-electron chi connectivity index (χ4n) is 3.06. The maximum absolute atomic E-state index is 13.4. The molecule has 4 N–H and O–H groups in total. The number of nitrogens with one attached hydrogen (secondary N) is 2. The van der Waals surface area contributed by atoms with Crippen molar-refractivity contribution in [2.75, 3.05) is 29.5 Å². The Balaban J connectivity index is 0.00000342. The largest absolute Gasteiger partial charge is 0.455 e. The second-order valence-corrected chi connectivity index (χ2v) is 7.34. The van der Waals surface area contributed by atoms with E-state index in [1.165, 1.54) is 35.1 Å². The zero-order chi connectivity index (χ0) is 24.5. The molecule has 0 aliphatic heterocycles. The lowest BCUT2D eigenvalue weighted by Crippen LogP contribution is -2.24. The molecule has 0 unspecified atom stereocenters. The number of halogens is 6. The molecule has 0 spiro atoms. The molecule has 0 bridgehead atoms. The van der Waals surface area contributed by atoms with E-state index < -0.39 is 29.2 Å². The maximum Gasteiger partial charge on any atom is 0.455 e. The number of carbonyl (C=O) groups excluding carboxylic acids is 1. The highest BCUT2D eigenvalue weighted by molar-refractivity contribution is 6.33. The van der Waals surface area contributed by atoms with Crippen molar-refractivity contribution >= 4 is 52.9 Å². The molecular weight excluding hydrogens is 515 g/mol. The Morgan fingerprint density at radius 1 is 1.11 bits per heavy atom. The number of nitrogens with zero attached hydrogens (tertiary/aromatic N) is 5. The van der Waals surface area contributed by atoms with Crippen molar-refractivity contribution in [3.63, 3.8) is 0 Å². The molecule has 0 amide bonds. The first-order chi connectivity index (χ1) is 16.1. The van der Waals surface area contributed by atoms with Gasteiger partial charge in [0.2, 0.25) is 0 Å². The molecule has 0 fully saturated rings. The minimum absolute atomic E-state index is 0. The Bertz CT molecular complexity index is 1380. The SMILES string of the molecule is Cl.Nc1nc(NCCNc2nc(-c3ccc(F)cc3Cl)cn3ncnc23)ccc1C(=O)C(F)(F)F. The van der Waals surface area contributed by atoms with Crippen molar-refractivity contribution in [2.24, 2.45) is 0 Å². The molecule has 3 heterocycles. The van der Waals surface area contributed by atoms with Crippen LogP contribution in [-0.2, 0) is 0 Å². The second-order valence-electron chi connectivity index (χ2n) is 6.94. The van der Waals surface area contributed by atoms with Gasteiger partial charge in [0.1, 0.15) is 23.8 Å². The summed E-state index contributed by atoms with van der Waals surface area (Å²) >= 11 is 6.15. The second kappa shape index (κ2) is 10.3. The number of Topliss-reactive ketones (excluding diaryl/α,β-unsaturated/α-hetero) is 1. The van der Waals surface area contributed by atoms with Gasteiger partial charge in [0.25, 0.3) is 5.78 Å². The van der Waals surface area contributed by atoms with Crippen LogP contribution >= 0.6 is 24.0 Å². The van der Waals surface area contributed by atoms with Crippen LogP contribution in [0.4, 0.5) is 35.0 Å². The van der Waals surface area contributed by atoms with E-state index in [0.717, 1.165) is 6.07 Å². The lowest BCUT2D eigenvalue weighted by atomic mass is 10.1. The van der Waals surface area contributed by atoms with Crippen LogP contribution < -0.4 is 16.4 Å². The summed E-state index contributed by atoms with van der Waals surface area (Å²) in [6.07, 6.45) is -2.10. The number of ketones is 1. The van der Waals surface area contributed by atoms with E-state index in [2.05, 4.69) is 30.7 Å². The summed E-state index contributed by atoms with van der Waals surface area (Å²) in [5, 5.41) is 10.2. The summed E-state index contributed by atoms with van der Waals surface area (Å²) in [6, 6.07) is 6.12. The summed E-state index contributed by atoms with van der Waals surface area (Å²) in [5.74, 6) is -2.52. The van der Waals surface area contributed by atoms with E-state index in [9.17, 15) is 22.4 Å². The Morgan fingerprint density at radius 3 is 2.54 bits per heavy atom. The Morgan fingerprint density at radius 2 is 1.86 bits per heavy atom. The van der Waals surface area contributed by atoms with E-state index in [4.69, 9.17) is 17.3 Å². The van der Waals surface area contributed by atoms with E-state index in [0.29, 0.717) is 29.3 Å². The van der Waals surface area contributed by atoms with E-state index in [1.54, 1.807) is 6.20 Å². The number of hydrogen-bond donors (Lipinski definition) is 3. The van der Waals surface area contributed by atoms with Gasteiger partial charge in [-0.25, -0.2) is 23.9 Å². The van der Waals surface area contributed by atoms with Gasteiger partial charge in [-0.1, -0.05) is 11.6 Å². The number of benzene rings is 1. The van der Waals surface area contributed by atoms with Crippen LogP contribution in [0.25, 0.3) is 16.9 Å². The summed E-state index contributed by atoms with van der Waals surface area (Å²) in [6.45, 7) is 0.559. The van der Waals surface area contributed by atoms with Gasteiger partial charge in [-0.3, -0.25) is 4.79 Å². The van der Waals surface area contributed by atoms with Crippen LogP contribution in [0.15, 0.2) is 42.9 Å². The molecule has 0 radical (unpaired) electrons. The molecule has 0 saturated carbocycles. The molecule has 3 aromatic heterocycles. The molecule has 0 aliphatic rings. The first-order valence-electron chi connectivity index (χ1n) is 9.65. The third kappa shape index (κ3) is 5.69. The number of anilines is 3. The molecule has 184 valence electrons. The van der Waals surface area contributed by atoms with E-state index in [-0.39, 0.29) is 29.8 Å². The fraction of sp³-hybridized carbons (Fsp3) is 0.150. The molecule has 9 nitrogen and oxygen atoms in total. The Hall–Kier alpha value is -3.71. The summed E-state index contributed by atoms with van der Waals surface area (Å²) < 4.78 is 52.7. The van der Waals surface area contributed by atoms with Gasteiger partial charge < -0.3 is 16.4 Å². The van der Waals surface area contributed by atoms with E-state index in [1.807, 2.05) is 0 Å². The number of rotatable bonds is 7. The van der Waals surface area contributed by atoms with E-state index >= 15 is 0 Å². The maximum atomic E-state index is 13.4. The lowest BCUT2D eigenvalue weighted by Gasteiger charge is -2.12. The van der Waals surface area contributed by atoms with Crippen molar-refractivity contribution in [1.82, 2.24) is 24.6 Å². The highest BCUT2D eigenvalue weighted by atomic mass is 35.5. The molecule has 0 atom stereocenters. The quantitative estimate of drug-likeness (QED) is 0.184. The molecule has 0 aliphatic carbocycles. The predicted octanol–water partition coefficient (Wildman–Crippen LogP) is 4.25. The summed E-state index contributed by atoms with van der Waals surface area (Å²) in [7, 11) is 0. The molecular formula is C20H16Cl2F4N8O. The zero-order valence-electron chi connectivity index (χ0n) is 17.5. The normalized spacial score (nSPS) is 11.2. The number of pyridine rings is 1. The van der Waals surface area contributed by atoms with Crippen LogP contribution in [0, 0.1) is 5.82 Å². The van der Waals surface area contributed by atoms with Crippen LogP contribution in [-0.4, -0.2) is 49.6 Å². The van der Waals surface area contributed by atoms with Gasteiger partial charge in [-0.2, -0.15) is 18.3 Å². The number of nitrogens with two attached hydrogens (primary N) is 1. The van der Waals surface area contributed by atoms with Gasteiger partial charge >= 0.3 is 6.18 Å². The van der Waals surface area contributed by atoms with Crippen LogP contribution in [0.2, 0.25) is 5.02 Å². The lowest BCUT2D eigenvalue weighted by molar-refractivity contribution is -0.0884. The van der Waals surface area contributed by atoms with Crippen molar-refractivity contribution in [2.45, 2.75) is 6.18 Å². The van der Waals surface area contributed by atoms with Crippen LogP contribution in [0.5, 0.6) is 0 Å². The van der Waals surface area contributed by atoms with Gasteiger partial charge in [-0.05, 0) is 30.3 Å². The van der Waals surface area contributed by atoms with Crippen molar-refractivity contribution < 1.29 is 22.4 Å². The topological polar surface area (TPSA) is 123 Å². The number of alkyl halides is 3. The van der Waals surface area contributed by atoms with Crippen molar-refractivity contribution in [3.05, 3.63) is 59.3 Å². The molecule has 15 heteroatoms. The molecule has 35 heavy (non-hydrogen) atoms. The third-order valence-electron chi connectivity index (χ3n) is 4.62. The Kier molecular flexibility index (Phi) is 7.60. The van der Waals surface area contributed by atoms with Gasteiger partial charge in [0, 0.05) is 18.7 Å². The number of carbonyl (C=O) groups is 1. The minimum Gasteiger partial charge on any atom is -0.383 e. The molecule has 1 aromatic carbocycles. The van der Waals surface area contributed by atoms with Gasteiger partial charge in [0.15, 0.2) is 11.5 Å². The smallest absolute Gasteiger partial charge is 0.383 e. The summed E-state index contributed by atoms with van der Waals surface area (Å²) in [4.78, 5) is 23.8. The number of fused-ring (bicyclic) bond motifs is 1. The highest BCUT2D eigenvalue weighted by Gasteiger charge is 2.40. The van der Waals surface area contributed by atoms with Gasteiger partial charge in [-0.15, -0.1) is 12.4 Å². The Labute approximate surface area is 206 Å². The van der Waals surface area contributed by atoms with Gasteiger partial charge in [0.05, 0.1) is 22.5 Å². The highest BCUT2D eigenvalue weighted by Crippen LogP contribution is 2.29. The minimum atomic E-state index is -5.04. The summed E-state index contributed by atoms with van der Waals surface area (Å²) in [5.41, 5.74) is 6.15. The standard InChI is InChI=1S/C20H15ClF4N8O.ClH/c21-13-7-10(22)1-2-11(13)14-8-33-19(29-9-30-33)18(31-14)28-6-5-27-15-4-3-12(17(26)32-15)16(34)20(23,24)25;/h1-4,7-9H,5-6H2,(H,28,31)(H3,26,27,32);1H. The number of aromatic nitrogens is 5. The van der Waals surface area contributed by atoms with Crippen molar-refractivity contribution in [3.8, 4) is 11.3 Å². The number of nitrogen functional groups attached to an aromatic ring is 1. The van der Waals surface area contributed by atoms with Crippen LogP contribution in [0.3, 0.4) is 0 Å².